The van der Waals surface area contributed by atoms with Crippen molar-refractivity contribution in [2.24, 2.45) is 0 Å². The zero-order valence-electron chi connectivity index (χ0n) is 17.2. The Labute approximate surface area is 185 Å². The Morgan fingerprint density at radius 1 is 1.00 bits per heavy atom. The maximum absolute atomic E-state index is 13.1. The zero-order chi connectivity index (χ0) is 21.8. The van der Waals surface area contributed by atoms with Crippen molar-refractivity contribution in [1.82, 2.24) is 19.1 Å². The molecule has 0 N–H and O–H groups in total. The van der Waals surface area contributed by atoms with Crippen LogP contribution in [0.1, 0.15) is 6.42 Å². The molecule has 0 spiro atoms. The molecule has 8 nitrogen and oxygen atoms in total. The molecular formula is C20H26FN5O3S2. The third kappa shape index (κ3) is 5.22. The highest BCUT2D eigenvalue weighted by molar-refractivity contribution is 7.89. The Morgan fingerprint density at radius 2 is 1.74 bits per heavy atom. The van der Waals surface area contributed by atoms with Crippen LogP contribution in [0, 0.1) is 5.82 Å². The van der Waals surface area contributed by atoms with Gasteiger partial charge in [-0.1, -0.05) is 0 Å². The predicted molar refractivity (Wildman–Crippen MR) is 117 cm³/mol. The van der Waals surface area contributed by atoms with Crippen LogP contribution >= 0.6 is 11.3 Å². The van der Waals surface area contributed by atoms with Gasteiger partial charge < -0.3 is 9.80 Å². The lowest BCUT2D eigenvalue weighted by Gasteiger charge is -2.35. The van der Waals surface area contributed by atoms with Gasteiger partial charge in [-0.2, -0.15) is 4.31 Å². The number of sulfonamides is 1. The summed E-state index contributed by atoms with van der Waals surface area (Å²) in [4.78, 5) is 23.4. The Bertz CT molecular complexity index is 977. The number of rotatable bonds is 5. The molecule has 1 amide bonds. The van der Waals surface area contributed by atoms with Gasteiger partial charge in [-0.05, 0) is 30.7 Å². The van der Waals surface area contributed by atoms with Crippen LogP contribution in [0.15, 0.2) is 40.7 Å². The summed E-state index contributed by atoms with van der Waals surface area (Å²) in [6.45, 7) is 4.96. The summed E-state index contributed by atoms with van der Waals surface area (Å²) in [6, 6.07) is 4.83. The van der Waals surface area contributed by atoms with Gasteiger partial charge in [0.1, 0.15) is 5.82 Å². The van der Waals surface area contributed by atoms with Gasteiger partial charge in [0.05, 0.1) is 11.4 Å². The number of anilines is 1. The Balaban J connectivity index is 1.28. The van der Waals surface area contributed by atoms with Gasteiger partial charge in [0.25, 0.3) is 0 Å². The normalized spacial score (nSPS) is 19.4. The van der Waals surface area contributed by atoms with E-state index >= 15 is 0 Å². The number of thiazole rings is 1. The molecule has 2 saturated heterocycles. The monoisotopic (exact) mass is 467 g/mol. The van der Waals surface area contributed by atoms with Crippen molar-refractivity contribution >= 4 is 32.4 Å². The van der Waals surface area contributed by atoms with Crippen LogP contribution < -0.4 is 4.90 Å². The maximum Gasteiger partial charge on any atom is 0.243 e. The number of hydrogen-bond acceptors (Lipinski definition) is 7. The van der Waals surface area contributed by atoms with Gasteiger partial charge in [-0.3, -0.25) is 9.69 Å². The summed E-state index contributed by atoms with van der Waals surface area (Å²) >= 11 is 1.63. The minimum atomic E-state index is -3.68. The molecule has 0 atom stereocenters. The molecule has 2 aliphatic rings. The van der Waals surface area contributed by atoms with Gasteiger partial charge in [-0.15, -0.1) is 11.3 Å². The van der Waals surface area contributed by atoms with Crippen molar-refractivity contribution < 1.29 is 17.6 Å². The van der Waals surface area contributed by atoms with E-state index in [0.29, 0.717) is 19.6 Å². The van der Waals surface area contributed by atoms with E-state index in [0.717, 1.165) is 49.9 Å². The molecule has 11 heteroatoms. The molecule has 0 bridgehead atoms. The molecule has 168 valence electrons. The topological polar surface area (TPSA) is 77.1 Å². The minimum Gasteiger partial charge on any atom is -0.347 e. The first-order valence-electron chi connectivity index (χ1n) is 10.3. The fourth-order valence-corrected chi connectivity index (χ4v) is 6.04. The lowest BCUT2D eigenvalue weighted by atomic mass is 10.3. The second kappa shape index (κ2) is 9.60. The summed E-state index contributed by atoms with van der Waals surface area (Å²) in [5, 5.41) is 2.99. The van der Waals surface area contributed by atoms with Crippen molar-refractivity contribution in [3.8, 4) is 0 Å². The second-order valence-corrected chi connectivity index (χ2v) is 10.5. The fourth-order valence-electron chi connectivity index (χ4n) is 3.92. The largest absolute Gasteiger partial charge is 0.347 e. The van der Waals surface area contributed by atoms with Crippen molar-refractivity contribution in [2.75, 3.05) is 63.8 Å². The highest BCUT2D eigenvalue weighted by atomic mass is 32.2. The highest BCUT2D eigenvalue weighted by Gasteiger charge is 2.30. The minimum absolute atomic E-state index is 0.0292. The summed E-state index contributed by atoms with van der Waals surface area (Å²) in [7, 11) is -3.68. The Morgan fingerprint density at radius 3 is 2.42 bits per heavy atom. The molecule has 3 heterocycles. The number of amides is 1. The molecular weight excluding hydrogens is 441 g/mol. The smallest absolute Gasteiger partial charge is 0.243 e. The number of benzene rings is 1. The van der Waals surface area contributed by atoms with E-state index in [4.69, 9.17) is 0 Å². The molecule has 0 aliphatic carbocycles. The van der Waals surface area contributed by atoms with E-state index < -0.39 is 15.8 Å². The number of carbonyl (C=O) groups excluding carboxylic acids is 1. The van der Waals surface area contributed by atoms with Crippen LogP contribution in [0.2, 0.25) is 0 Å². The van der Waals surface area contributed by atoms with Crippen LogP contribution in [-0.4, -0.2) is 92.3 Å². The van der Waals surface area contributed by atoms with Gasteiger partial charge in [0.2, 0.25) is 15.9 Å². The molecule has 2 aliphatic heterocycles. The van der Waals surface area contributed by atoms with Crippen molar-refractivity contribution in [1.29, 1.82) is 0 Å². The molecule has 0 saturated carbocycles. The number of hydrogen-bond donors (Lipinski definition) is 0. The van der Waals surface area contributed by atoms with Crippen LogP contribution in [-0.2, 0) is 14.8 Å². The van der Waals surface area contributed by atoms with Crippen molar-refractivity contribution in [3.05, 3.63) is 41.7 Å². The lowest BCUT2D eigenvalue weighted by molar-refractivity contribution is -0.133. The molecule has 0 unspecified atom stereocenters. The number of halogens is 1. The van der Waals surface area contributed by atoms with E-state index in [1.54, 1.807) is 16.2 Å². The first kappa shape index (κ1) is 22.1. The Kier molecular flexibility index (Phi) is 6.85. The Hall–Kier alpha value is -2.08. The van der Waals surface area contributed by atoms with E-state index in [-0.39, 0.29) is 23.9 Å². The van der Waals surface area contributed by atoms with Crippen molar-refractivity contribution in [3.63, 3.8) is 0 Å². The summed E-state index contributed by atoms with van der Waals surface area (Å²) in [6.07, 6.45) is 2.78. The van der Waals surface area contributed by atoms with Gasteiger partial charge in [0, 0.05) is 63.9 Å². The fraction of sp³-hybridized carbons (Fsp3) is 0.500. The molecule has 2 aromatic rings. The maximum atomic E-state index is 13.1. The number of aromatic nitrogens is 1. The molecule has 1 aromatic heterocycles. The molecule has 0 radical (unpaired) electrons. The third-order valence-electron chi connectivity index (χ3n) is 5.68. The van der Waals surface area contributed by atoms with Crippen LogP contribution in [0.3, 0.4) is 0 Å². The molecule has 1 aromatic carbocycles. The standard InChI is InChI=1S/C20H26FN5O3S2/c21-17-2-4-18(5-3-17)31(28,29)26-13-11-24(12-14-26)19(27)16-23-7-1-8-25(10-9-23)20-22-6-15-30-20/h2-6,15H,1,7-14,16H2. The zero-order valence-corrected chi connectivity index (χ0v) is 18.8. The second-order valence-electron chi connectivity index (χ2n) is 7.67. The summed E-state index contributed by atoms with van der Waals surface area (Å²) in [5.41, 5.74) is 0. The number of piperazine rings is 1. The summed E-state index contributed by atoms with van der Waals surface area (Å²) < 4.78 is 40.0. The van der Waals surface area contributed by atoms with E-state index in [1.807, 2.05) is 11.6 Å². The van der Waals surface area contributed by atoms with Gasteiger partial charge >= 0.3 is 0 Å². The lowest BCUT2D eigenvalue weighted by Crippen LogP contribution is -2.52. The van der Waals surface area contributed by atoms with E-state index in [9.17, 15) is 17.6 Å². The predicted octanol–water partition coefficient (Wildman–Crippen LogP) is 1.33. The van der Waals surface area contributed by atoms with Crippen LogP contribution in [0.25, 0.3) is 0 Å². The average Bonchev–Trinajstić information content (AvgIpc) is 3.21. The molecule has 2 fully saturated rings. The quantitative estimate of drug-likeness (QED) is 0.660. The van der Waals surface area contributed by atoms with Gasteiger partial charge in [0.15, 0.2) is 5.13 Å². The molecule has 4 rings (SSSR count). The highest BCUT2D eigenvalue weighted by Crippen LogP contribution is 2.20. The van der Waals surface area contributed by atoms with Crippen molar-refractivity contribution in [2.45, 2.75) is 11.3 Å². The SMILES string of the molecule is O=C(CN1CCCN(c2nccs2)CC1)N1CCN(S(=O)(=O)c2ccc(F)cc2)CC1. The van der Waals surface area contributed by atoms with Crippen LogP contribution in [0.4, 0.5) is 9.52 Å². The van der Waals surface area contributed by atoms with Gasteiger partial charge in [-0.25, -0.2) is 17.8 Å². The van der Waals surface area contributed by atoms with E-state index in [1.165, 1.54) is 16.4 Å². The molecule has 31 heavy (non-hydrogen) atoms. The summed E-state index contributed by atoms with van der Waals surface area (Å²) in [5.74, 6) is -0.445. The average molecular weight is 468 g/mol. The van der Waals surface area contributed by atoms with E-state index in [2.05, 4.69) is 14.8 Å². The van der Waals surface area contributed by atoms with Crippen LogP contribution in [0.5, 0.6) is 0 Å². The first-order valence-corrected chi connectivity index (χ1v) is 12.7. The number of nitrogens with zero attached hydrogens (tertiary/aromatic N) is 5. The third-order valence-corrected chi connectivity index (χ3v) is 8.43. The number of carbonyl (C=O) groups is 1. The first-order chi connectivity index (χ1) is 14.9.